The Kier molecular flexibility index (Phi) is 4.54. The van der Waals surface area contributed by atoms with E-state index in [4.69, 9.17) is 4.74 Å². The summed E-state index contributed by atoms with van der Waals surface area (Å²) in [6.45, 7) is 2.17. The first kappa shape index (κ1) is 16.8. The van der Waals surface area contributed by atoms with Crippen LogP contribution in [0.15, 0.2) is 30.3 Å². The molecule has 1 atom stereocenters. The number of benzene rings is 1. The number of methoxy groups -OCH3 is 1. The predicted molar refractivity (Wildman–Crippen MR) is 83.8 cm³/mol. The molecule has 1 unspecified atom stereocenters. The van der Waals surface area contributed by atoms with Crippen molar-refractivity contribution in [3.8, 4) is 5.75 Å². The molecule has 0 bridgehead atoms. The van der Waals surface area contributed by atoms with Crippen LogP contribution in [0.1, 0.15) is 29.3 Å². The number of aromatic nitrogens is 2. The lowest BCUT2D eigenvalue weighted by molar-refractivity contribution is -0.141. The minimum Gasteiger partial charge on any atom is -0.497 e. The Hall–Kier alpha value is -2.02. The highest BCUT2D eigenvalue weighted by atomic mass is 19.4. The zero-order chi connectivity index (χ0) is 17.3. The van der Waals surface area contributed by atoms with Crippen molar-refractivity contribution in [3.05, 3.63) is 47.3 Å². The van der Waals surface area contributed by atoms with Gasteiger partial charge in [-0.15, -0.1) is 0 Å². The van der Waals surface area contributed by atoms with Gasteiger partial charge >= 0.3 is 6.18 Å². The van der Waals surface area contributed by atoms with Crippen LogP contribution in [0.4, 0.5) is 13.2 Å². The highest BCUT2D eigenvalue weighted by Crippen LogP contribution is 2.31. The van der Waals surface area contributed by atoms with E-state index < -0.39 is 11.9 Å². The maximum absolute atomic E-state index is 12.7. The van der Waals surface area contributed by atoms with Crippen LogP contribution in [0, 0.1) is 0 Å². The maximum atomic E-state index is 12.7. The van der Waals surface area contributed by atoms with Gasteiger partial charge in [0.1, 0.15) is 5.75 Å². The van der Waals surface area contributed by atoms with Crippen molar-refractivity contribution in [1.29, 1.82) is 0 Å². The number of halogens is 3. The van der Waals surface area contributed by atoms with Crippen molar-refractivity contribution < 1.29 is 17.9 Å². The van der Waals surface area contributed by atoms with Gasteiger partial charge in [0.25, 0.3) is 0 Å². The Balaban J connectivity index is 1.65. The Bertz CT molecular complexity index is 694. The minimum atomic E-state index is -4.40. The Morgan fingerprint density at radius 3 is 2.54 bits per heavy atom. The summed E-state index contributed by atoms with van der Waals surface area (Å²) in [5.41, 5.74) is 0.989. The molecule has 1 aliphatic rings. The Labute approximate surface area is 138 Å². The summed E-state index contributed by atoms with van der Waals surface area (Å²) in [7, 11) is 3.19. The van der Waals surface area contributed by atoms with Gasteiger partial charge in [0.2, 0.25) is 0 Å². The molecular weight excluding hydrogens is 319 g/mol. The van der Waals surface area contributed by atoms with E-state index in [1.54, 1.807) is 14.2 Å². The predicted octanol–water partition coefficient (Wildman–Crippen LogP) is 3.44. The van der Waals surface area contributed by atoms with E-state index in [0.717, 1.165) is 31.3 Å². The summed E-state index contributed by atoms with van der Waals surface area (Å²) in [6, 6.07) is 9.13. The first-order chi connectivity index (χ1) is 11.4. The molecular formula is C17H20F3N3O. The molecule has 0 spiro atoms. The van der Waals surface area contributed by atoms with Gasteiger partial charge in [0.05, 0.1) is 12.8 Å². The third-order valence-electron chi connectivity index (χ3n) is 4.51. The minimum absolute atomic E-state index is 0.395. The van der Waals surface area contributed by atoms with E-state index >= 15 is 0 Å². The van der Waals surface area contributed by atoms with E-state index in [1.807, 2.05) is 12.1 Å². The summed E-state index contributed by atoms with van der Waals surface area (Å²) in [4.78, 5) is 2.17. The normalized spacial score (nSPS) is 19.0. The smallest absolute Gasteiger partial charge is 0.435 e. The summed E-state index contributed by atoms with van der Waals surface area (Å²) in [6.07, 6.45) is -3.40. The summed E-state index contributed by atoms with van der Waals surface area (Å²) < 4.78 is 44.7. The largest absolute Gasteiger partial charge is 0.497 e. The Morgan fingerprint density at radius 2 is 1.96 bits per heavy atom. The standard InChI is InChI=1S/C17H20F3N3O/c1-22-14(9-16(21-22)17(18,19)20)11-23-8-7-13(10-23)12-3-5-15(24-2)6-4-12/h3-6,9,13H,7-8,10-11H2,1-2H3. The van der Waals surface area contributed by atoms with Crippen LogP contribution < -0.4 is 4.74 Å². The summed E-state index contributed by atoms with van der Waals surface area (Å²) >= 11 is 0. The van der Waals surface area contributed by atoms with Crippen LogP contribution in [0.3, 0.4) is 0 Å². The van der Waals surface area contributed by atoms with Crippen molar-refractivity contribution in [2.24, 2.45) is 7.05 Å². The fourth-order valence-electron chi connectivity index (χ4n) is 3.15. The van der Waals surface area contributed by atoms with Gasteiger partial charge < -0.3 is 4.74 Å². The number of likely N-dealkylation sites (tertiary alicyclic amines) is 1. The second kappa shape index (κ2) is 6.47. The van der Waals surface area contributed by atoms with Gasteiger partial charge in [-0.3, -0.25) is 9.58 Å². The van der Waals surface area contributed by atoms with Crippen LogP contribution in [0.2, 0.25) is 0 Å². The number of hydrogen-bond donors (Lipinski definition) is 0. The molecule has 3 rings (SSSR count). The summed E-state index contributed by atoms with van der Waals surface area (Å²) in [5, 5.41) is 3.57. The van der Waals surface area contributed by atoms with Crippen molar-refractivity contribution in [2.45, 2.75) is 25.1 Å². The third kappa shape index (κ3) is 3.56. The van der Waals surface area contributed by atoms with Crippen LogP contribution in [-0.2, 0) is 19.8 Å². The molecule has 7 heteroatoms. The molecule has 0 saturated carbocycles. The van der Waals surface area contributed by atoms with E-state index in [2.05, 4.69) is 22.1 Å². The number of alkyl halides is 3. The van der Waals surface area contributed by atoms with Gasteiger partial charge in [-0.2, -0.15) is 18.3 Å². The van der Waals surface area contributed by atoms with Gasteiger partial charge in [-0.05, 0) is 42.6 Å². The van der Waals surface area contributed by atoms with Crippen LogP contribution in [0.25, 0.3) is 0 Å². The fraction of sp³-hybridized carbons (Fsp3) is 0.471. The van der Waals surface area contributed by atoms with Crippen LogP contribution in [0.5, 0.6) is 5.75 Å². The molecule has 0 amide bonds. The van der Waals surface area contributed by atoms with E-state index in [0.29, 0.717) is 18.2 Å². The fourth-order valence-corrected chi connectivity index (χ4v) is 3.15. The number of ether oxygens (including phenoxy) is 1. The zero-order valence-corrected chi connectivity index (χ0v) is 13.7. The van der Waals surface area contributed by atoms with Crippen molar-refractivity contribution >= 4 is 0 Å². The van der Waals surface area contributed by atoms with Crippen molar-refractivity contribution in [2.75, 3.05) is 20.2 Å². The molecule has 130 valence electrons. The average Bonchev–Trinajstić information content (AvgIpc) is 3.15. The Morgan fingerprint density at radius 1 is 1.25 bits per heavy atom. The monoisotopic (exact) mass is 339 g/mol. The average molecular weight is 339 g/mol. The van der Waals surface area contributed by atoms with Gasteiger partial charge in [0, 0.05) is 20.1 Å². The third-order valence-corrected chi connectivity index (χ3v) is 4.51. The van der Waals surface area contributed by atoms with Crippen molar-refractivity contribution in [3.63, 3.8) is 0 Å². The van der Waals surface area contributed by atoms with Crippen LogP contribution >= 0.6 is 0 Å². The quantitative estimate of drug-likeness (QED) is 0.855. The molecule has 1 fully saturated rings. The van der Waals surface area contributed by atoms with E-state index in [1.165, 1.54) is 10.2 Å². The second-order valence-electron chi connectivity index (χ2n) is 6.14. The maximum Gasteiger partial charge on any atom is 0.435 e. The second-order valence-corrected chi connectivity index (χ2v) is 6.14. The molecule has 0 aliphatic carbocycles. The molecule has 1 saturated heterocycles. The highest BCUT2D eigenvalue weighted by Gasteiger charge is 2.35. The number of rotatable bonds is 4. The molecule has 1 aromatic carbocycles. The van der Waals surface area contributed by atoms with E-state index in [-0.39, 0.29) is 0 Å². The molecule has 0 N–H and O–H groups in total. The lowest BCUT2D eigenvalue weighted by Gasteiger charge is -2.16. The van der Waals surface area contributed by atoms with Gasteiger partial charge in [0.15, 0.2) is 5.69 Å². The topological polar surface area (TPSA) is 30.3 Å². The molecule has 1 aliphatic heterocycles. The van der Waals surface area contributed by atoms with Crippen molar-refractivity contribution in [1.82, 2.24) is 14.7 Å². The summed E-state index contributed by atoms with van der Waals surface area (Å²) in [5.74, 6) is 1.22. The number of aryl methyl sites for hydroxylation is 1. The lowest BCUT2D eigenvalue weighted by atomic mass is 9.98. The SMILES string of the molecule is COc1ccc(C2CCN(Cc3cc(C(F)(F)F)nn3C)C2)cc1. The lowest BCUT2D eigenvalue weighted by Crippen LogP contribution is -2.21. The number of hydrogen-bond acceptors (Lipinski definition) is 3. The molecule has 2 aromatic rings. The first-order valence-corrected chi connectivity index (χ1v) is 7.83. The highest BCUT2D eigenvalue weighted by molar-refractivity contribution is 5.30. The van der Waals surface area contributed by atoms with Gasteiger partial charge in [-0.1, -0.05) is 12.1 Å². The zero-order valence-electron chi connectivity index (χ0n) is 13.7. The molecule has 1 aromatic heterocycles. The van der Waals surface area contributed by atoms with E-state index in [9.17, 15) is 13.2 Å². The number of nitrogens with zero attached hydrogens (tertiary/aromatic N) is 3. The molecule has 4 nitrogen and oxygen atoms in total. The first-order valence-electron chi connectivity index (χ1n) is 7.83. The molecule has 2 heterocycles. The van der Waals surface area contributed by atoms with Gasteiger partial charge in [-0.25, -0.2) is 0 Å². The van der Waals surface area contributed by atoms with Crippen LogP contribution in [-0.4, -0.2) is 34.9 Å². The molecule has 0 radical (unpaired) electrons. The molecule has 24 heavy (non-hydrogen) atoms.